The van der Waals surface area contributed by atoms with Gasteiger partial charge in [-0.15, -0.1) is 0 Å². The molecule has 0 bridgehead atoms. The number of guanidine groups is 1. The van der Waals surface area contributed by atoms with Crippen LogP contribution < -0.4 is 5.32 Å². The molecule has 0 saturated carbocycles. The lowest BCUT2D eigenvalue weighted by Crippen LogP contribution is -2.55. The van der Waals surface area contributed by atoms with Gasteiger partial charge in [-0.3, -0.25) is 9.79 Å². The number of amides is 1. The van der Waals surface area contributed by atoms with E-state index >= 15 is 0 Å². The Bertz CT molecular complexity index is 671. The maximum absolute atomic E-state index is 13.2. The summed E-state index contributed by atoms with van der Waals surface area (Å²) in [7, 11) is 1.73. The zero-order valence-corrected chi connectivity index (χ0v) is 15.6. The Balaban J connectivity index is 1.50. The highest BCUT2D eigenvalue weighted by Crippen LogP contribution is 2.17. The number of halogens is 2. The highest BCUT2D eigenvalue weighted by molar-refractivity contribution is 6.30. The van der Waals surface area contributed by atoms with Crippen LogP contribution in [0.5, 0.6) is 0 Å². The van der Waals surface area contributed by atoms with E-state index in [-0.39, 0.29) is 17.0 Å². The van der Waals surface area contributed by atoms with E-state index in [0.717, 1.165) is 24.4 Å². The third-order valence-electron chi connectivity index (χ3n) is 4.74. The molecule has 0 radical (unpaired) electrons. The van der Waals surface area contributed by atoms with Crippen LogP contribution in [0.3, 0.4) is 0 Å². The SMILES string of the molecule is CN=C(NCc1ccc(F)c(Cl)c1)N1CCN(C(=O)C2CCCO2)CC1. The quantitative estimate of drug-likeness (QED) is 0.640. The van der Waals surface area contributed by atoms with Crippen molar-refractivity contribution in [3.63, 3.8) is 0 Å². The summed E-state index contributed by atoms with van der Waals surface area (Å²) in [6, 6.07) is 4.66. The van der Waals surface area contributed by atoms with Crippen molar-refractivity contribution in [3.8, 4) is 0 Å². The number of piperazine rings is 1. The van der Waals surface area contributed by atoms with Crippen molar-refractivity contribution in [2.75, 3.05) is 39.8 Å². The number of rotatable bonds is 3. The van der Waals surface area contributed by atoms with Crippen LogP contribution in [-0.4, -0.2) is 67.6 Å². The van der Waals surface area contributed by atoms with E-state index in [0.29, 0.717) is 39.3 Å². The molecule has 2 saturated heterocycles. The maximum Gasteiger partial charge on any atom is 0.251 e. The molecule has 8 heteroatoms. The average Bonchev–Trinajstić information content (AvgIpc) is 3.20. The largest absolute Gasteiger partial charge is 0.368 e. The molecule has 1 atom stereocenters. The zero-order chi connectivity index (χ0) is 18.5. The number of benzene rings is 1. The molecule has 2 heterocycles. The molecule has 2 fully saturated rings. The van der Waals surface area contributed by atoms with Gasteiger partial charge in [0, 0.05) is 46.4 Å². The van der Waals surface area contributed by atoms with E-state index in [1.54, 1.807) is 19.2 Å². The molecule has 3 rings (SSSR count). The summed E-state index contributed by atoms with van der Waals surface area (Å²) in [5.74, 6) is 0.438. The number of nitrogens with one attached hydrogen (secondary N) is 1. The Morgan fingerprint density at radius 1 is 1.35 bits per heavy atom. The number of nitrogens with zero attached hydrogens (tertiary/aromatic N) is 3. The first-order valence-corrected chi connectivity index (χ1v) is 9.26. The van der Waals surface area contributed by atoms with Gasteiger partial charge in [0.15, 0.2) is 5.96 Å². The molecule has 1 unspecified atom stereocenters. The molecule has 2 aliphatic heterocycles. The Kier molecular flexibility index (Phi) is 6.32. The highest BCUT2D eigenvalue weighted by Gasteiger charge is 2.30. The first-order valence-electron chi connectivity index (χ1n) is 8.88. The predicted octanol–water partition coefficient (Wildman–Crippen LogP) is 1.88. The van der Waals surface area contributed by atoms with Gasteiger partial charge < -0.3 is 19.9 Å². The fraction of sp³-hybridized carbons (Fsp3) is 0.556. The molecule has 0 aromatic heterocycles. The van der Waals surface area contributed by atoms with Gasteiger partial charge in [-0.05, 0) is 30.5 Å². The number of carbonyl (C=O) groups is 1. The lowest BCUT2D eigenvalue weighted by atomic mass is 10.2. The van der Waals surface area contributed by atoms with Crippen molar-refractivity contribution in [2.45, 2.75) is 25.5 Å². The summed E-state index contributed by atoms with van der Waals surface area (Å²) in [4.78, 5) is 20.7. The maximum atomic E-state index is 13.2. The lowest BCUT2D eigenvalue weighted by molar-refractivity contribution is -0.142. The molecule has 0 spiro atoms. The smallest absolute Gasteiger partial charge is 0.251 e. The second-order valence-electron chi connectivity index (χ2n) is 6.46. The summed E-state index contributed by atoms with van der Waals surface area (Å²) in [6.07, 6.45) is 1.52. The average molecular weight is 383 g/mol. The van der Waals surface area contributed by atoms with Crippen LogP contribution in [0.2, 0.25) is 5.02 Å². The predicted molar refractivity (Wildman–Crippen MR) is 98.7 cm³/mol. The fourth-order valence-electron chi connectivity index (χ4n) is 3.28. The van der Waals surface area contributed by atoms with Gasteiger partial charge in [-0.1, -0.05) is 17.7 Å². The number of carbonyl (C=O) groups excluding carboxylic acids is 1. The summed E-state index contributed by atoms with van der Waals surface area (Å²) < 4.78 is 18.7. The molecular weight excluding hydrogens is 359 g/mol. The van der Waals surface area contributed by atoms with Gasteiger partial charge in [-0.2, -0.15) is 0 Å². The molecular formula is C18H24ClFN4O2. The topological polar surface area (TPSA) is 57.2 Å². The van der Waals surface area contributed by atoms with Gasteiger partial charge in [0.25, 0.3) is 5.91 Å². The molecule has 142 valence electrons. The molecule has 26 heavy (non-hydrogen) atoms. The lowest BCUT2D eigenvalue weighted by Gasteiger charge is -2.37. The summed E-state index contributed by atoms with van der Waals surface area (Å²) in [5, 5.41) is 3.38. The molecule has 1 aromatic rings. The minimum absolute atomic E-state index is 0.103. The summed E-state index contributed by atoms with van der Waals surface area (Å²) >= 11 is 5.82. The number of aliphatic imine (C=N–C) groups is 1. The number of hydrogen-bond acceptors (Lipinski definition) is 3. The van der Waals surface area contributed by atoms with Crippen molar-refractivity contribution in [1.82, 2.24) is 15.1 Å². The van der Waals surface area contributed by atoms with E-state index in [9.17, 15) is 9.18 Å². The van der Waals surface area contributed by atoms with Crippen molar-refractivity contribution >= 4 is 23.5 Å². The Morgan fingerprint density at radius 2 is 2.08 bits per heavy atom. The summed E-state index contributed by atoms with van der Waals surface area (Å²) in [5.41, 5.74) is 0.879. The second kappa shape index (κ2) is 8.68. The van der Waals surface area contributed by atoms with E-state index in [4.69, 9.17) is 16.3 Å². The highest BCUT2D eigenvalue weighted by atomic mass is 35.5. The molecule has 6 nitrogen and oxygen atoms in total. The molecule has 1 N–H and O–H groups in total. The Hall–Kier alpha value is -1.86. The number of hydrogen-bond donors (Lipinski definition) is 1. The van der Waals surface area contributed by atoms with Crippen LogP contribution in [-0.2, 0) is 16.1 Å². The van der Waals surface area contributed by atoms with Gasteiger partial charge in [-0.25, -0.2) is 4.39 Å². The number of ether oxygens (including phenoxy) is 1. The van der Waals surface area contributed by atoms with Gasteiger partial charge in [0.1, 0.15) is 11.9 Å². The van der Waals surface area contributed by atoms with Crippen LogP contribution in [0.4, 0.5) is 4.39 Å². The first-order chi connectivity index (χ1) is 12.6. The molecule has 1 amide bonds. The van der Waals surface area contributed by atoms with E-state index in [1.165, 1.54) is 6.07 Å². The minimum atomic E-state index is -0.424. The zero-order valence-electron chi connectivity index (χ0n) is 14.9. The Morgan fingerprint density at radius 3 is 2.69 bits per heavy atom. The van der Waals surface area contributed by atoms with E-state index in [2.05, 4.69) is 15.2 Å². The molecule has 0 aliphatic carbocycles. The monoisotopic (exact) mass is 382 g/mol. The van der Waals surface area contributed by atoms with Crippen LogP contribution in [0, 0.1) is 5.82 Å². The van der Waals surface area contributed by atoms with Crippen molar-refractivity contribution in [2.24, 2.45) is 4.99 Å². The van der Waals surface area contributed by atoms with Crippen LogP contribution in [0.15, 0.2) is 23.2 Å². The van der Waals surface area contributed by atoms with Crippen molar-refractivity contribution < 1.29 is 13.9 Å². The first kappa shape index (κ1) is 18.9. The van der Waals surface area contributed by atoms with E-state index in [1.807, 2.05) is 4.90 Å². The van der Waals surface area contributed by atoms with Crippen LogP contribution in [0.1, 0.15) is 18.4 Å². The van der Waals surface area contributed by atoms with E-state index < -0.39 is 5.82 Å². The third-order valence-corrected chi connectivity index (χ3v) is 5.03. The van der Waals surface area contributed by atoms with Gasteiger partial charge in [0.2, 0.25) is 0 Å². The van der Waals surface area contributed by atoms with Gasteiger partial charge >= 0.3 is 0 Å². The second-order valence-corrected chi connectivity index (χ2v) is 6.87. The molecule has 2 aliphatic rings. The third kappa shape index (κ3) is 4.45. The molecule has 1 aromatic carbocycles. The standard InChI is InChI=1S/C18H24ClFN4O2/c1-21-18(22-12-13-4-5-15(20)14(19)11-13)24-8-6-23(7-9-24)17(25)16-3-2-10-26-16/h4-5,11,16H,2-3,6-10,12H2,1H3,(H,21,22). The minimum Gasteiger partial charge on any atom is -0.368 e. The van der Waals surface area contributed by atoms with Crippen molar-refractivity contribution in [3.05, 3.63) is 34.6 Å². The normalized spacial score (nSPS) is 21.2. The Labute approximate surface area is 158 Å². The fourth-order valence-corrected chi connectivity index (χ4v) is 3.48. The van der Waals surface area contributed by atoms with Crippen LogP contribution in [0.25, 0.3) is 0 Å². The summed E-state index contributed by atoms with van der Waals surface area (Å²) in [6.45, 7) is 3.91. The van der Waals surface area contributed by atoms with Gasteiger partial charge in [0.05, 0.1) is 5.02 Å². The van der Waals surface area contributed by atoms with Crippen molar-refractivity contribution in [1.29, 1.82) is 0 Å². The van der Waals surface area contributed by atoms with Crippen LogP contribution >= 0.6 is 11.6 Å².